The van der Waals surface area contributed by atoms with Crippen molar-refractivity contribution in [2.75, 3.05) is 6.54 Å². The van der Waals surface area contributed by atoms with Gasteiger partial charge in [-0.05, 0) is 55.2 Å². The van der Waals surface area contributed by atoms with Crippen LogP contribution in [0.25, 0.3) is 5.76 Å². The Morgan fingerprint density at radius 2 is 1.82 bits per heavy atom. The smallest absolute Gasteiger partial charge is 0.295 e. The van der Waals surface area contributed by atoms with Gasteiger partial charge in [-0.15, -0.1) is 0 Å². The number of amides is 1. The standard InChI is InChI=1S/C23H24FNO3/c1-4-5-12-25-20(17-9-7-6-8-14(17)2)19(22(27)23(25)28)21(26)16-10-11-18(24)15(3)13-16/h6-11,13,20,26H,4-5,12H2,1-3H3/b21-19+. The third-order valence-electron chi connectivity index (χ3n) is 5.21. The van der Waals surface area contributed by atoms with E-state index in [1.54, 1.807) is 6.92 Å². The topological polar surface area (TPSA) is 57.6 Å². The molecule has 0 aromatic heterocycles. The van der Waals surface area contributed by atoms with Crippen molar-refractivity contribution in [2.24, 2.45) is 0 Å². The van der Waals surface area contributed by atoms with Gasteiger partial charge in [0, 0.05) is 12.1 Å². The third-order valence-corrected chi connectivity index (χ3v) is 5.21. The second-order valence-corrected chi connectivity index (χ2v) is 7.17. The van der Waals surface area contributed by atoms with Crippen LogP contribution in [0.2, 0.25) is 0 Å². The van der Waals surface area contributed by atoms with Crippen LogP contribution in [0.3, 0.4) is 0 Å². The number of likely N-dealkylation sites (tertiary alicyclic amines) is 1. The predicted octanol–water partition coefficient (Wildman–Crippen LogP) is 4.66. The highest BCUT2D eigenvalue weighted by atomic mass is 19.1. The molecular formula is C23H24FNO3. The average molecular weight is 381 g/mol. The number of hydrogen-bond acceptors (Lipinski definition) is 3. The summed E-state index contributed by atoms with van der Waals surface area (Å²) >= 11 is 0. The highest BCUT2D eigenvalue weighted by Gasteiger charge is 2.46. The molecule has 28 heavy (non-hydrogen) atoms. The summed E-state index contributed by atoms with van der Waals surface area (Å²) in [6, 6.07) is 11.0. The molecule has 5 heteroatoms. The second-order valence-electron chi connectivity index (χ2n) is 7.17. The normalized spacial score (nSPS) is 18.7. The third kappa shape index (κ3) is 3.44. The van der Waals surface area contributed by atoms with Gasteiger partial charge in [0.25, 0.3) is 11.7 Å². The maximum atomic E-state index is 13.6. The summed E-state index contributed by atoms with van der Waals surface area (Å²) < 4.78 is 13.6. The number of rotatable bonds is 5. The summed E-state index contributed by atoms with van der Waals surface area (Å²) in [5, 5.41) is 10.9. The van der Waals surface area contributed by atoms with E-state index in [0.717, 1.165) is 24.0 Å². The van der Waals surface area contributed by atoms with Gasteiger partial charge in [-0.25, -0.2) is 4.39 Å². The molecule has 3 rings (SSSR count). The Balaban J connectivity index is 2.20. The molecule has 1 aliphatic heterocycles. The van der Waals surface area contributed by atoms with Gasteiger partial charge in [0.2, 0.25) is 0 Å². The molecule has 2 aromatic rings. The minimum atomic E-state index is -0.705. The Kier molecular flexibility index (Phi) is 5.63. The summed E-state index contributed by atoms with van der Waals surface area (Å²) in [5.41, 5.74) is 2.47. The molecule has 0 aliphatic carbocycles. The number of nitrogens with zero attached hydrogens (tertiary/aromatic N) is 1. The molecule has 1 amide bonds. The Labute approximate surface area is 164 Å². The number of carbonyl (C=O) groups is 2. The number of Topliss-reactive ketones (excluding diaryl/α,β-unsaturated/α-hetero) is 1. The zero-order valence-corrected chi connectivity index (χ0v) is 16.3. The molecule has 1 atom stereocenters. The van der Waals surface area contributed by atoms with Crippen LogP contribution in [0, 0.1) is 19.7 Å². The molecule has 1 fully saturated rings. The minimum absolute atomic E-state index is 0.0569. The van der Waals surface area contributed by atoms with E-state index >= 15 is 0 Å². The van der Waals surface area contributed by atoms with Crippen molar-refractivity contribution < 1.29 is 19.1 Å². The van der Waals surface area contributed by atoms with Gasteiger partial charge in [-0.2, -0.15) is 0 Å². The van der Waals surface area contributed by atoms with E-state index in [2.05, 4.69) is 0 Å². The van der Waals surface area contributed by atoms with E-state index in [-0.39, 0.29) is 11.3 Å². The van der Waals surface area contributed by atoms with Gasteiger partial charge in [0.05, 0.1) is 11.6 Å². The molecule has 2 aromatic carbocycles. The quantitative estimate of drug-likeness (QED) is 0.465. The maximum Gasteiger partial charge on any atom is 0.295 e. The highest BCUT2D eigenvalue weighted by Crippen LogP contribution is 2.40. The molecule has 1 N–H and O–H groups in total. The molecule has 1 heterocycles. The first kappa shape index (κ1) is 19.8. The Morgan fingerprint density at radius 3 is 2.46 bits per heavy atom. The lowest BCUT2D eigenvalue weighted by Gasteiger charge is -2.26. The van der Waals surface area contributed by atoms with E-state index < -0.39 is 23.5 Å². The average Bonchev–Trinajstić information content (AvgIpc) is 2.92. The van der Waals surface area contributed by atoms with Gasteiger partial charge < -0.3 is 10.0 Å². The van der Waals surface area contributed by atoms with Crippen LogP contribution in [-0.4, -0.2) is 28.2 Å². The number of benzene rings is 2. The zero-order chi connectivity index (χ0) is 20.4. The first-order chi connectivity index (χ1) is 13.4. The molecule has 1 aliphatic rings. The predicted molar refractivity (Wildman–Crippen MR) is 106 cm³/mol. The fraction of sp³-hybridized carbons (Fsp3) is 0.304. The van der Waals surface area contributed by atoms with E-state index in [9.17, 15) is 19.1 Å². The van der Waals surface area contributed by atoms with E-state index in [1.807, 2.05) is 38.1 Å². The fourth-order valence-electron chi connectivity index (χ4n) is 3.60. The van der Waals surface area contributed by atoms with Gasteiger partial charge in [0.15, 0.2) is 0 Å². The number of carbonyl (C=O) groups excluding carboxylic acids is 2. The monoisotopic (exact) mass is 381 g/mol. The molecule has 0 bridgehead atoms. The maximum absolute atomic E-state index is 13.6. The van der Waals surface area contributed by atoms with Gasteiger partial charge in [-0.1, -0.05) is 37.6 Å². The van der Waals surface area contributed by atoms with Crippen LogP contribution >= 0.6 is 0 Å². The molecule has 146 valence electrons. The van der Waals surface area contributed by atoms with E-state index in [4.69, 9.17) is 0 Å². The molecule has 0 radical (unpaired) electrons. The van der Waals surface area contributed by atoms with Gasteiger partial charge in [-0.3, -0.25) is 9.59 Å². The number of halogens is 1. The van der Waals surface area contributed by atoms with Crippen LogP contribution in [0.15, 0.2) is 48.0 Å². The molecular weight excluding hydrogens is 357 g/mol. The first-order valence-electron chi connectivity index (χ1n) is 9.47. The summed E-state index contributed by atoms with van der Waals surface area (Å²) in [7, 11) is 0. The van der Waals surface area contributed by atoms with Crippen molar-refractivity contribution in [1.29, 1.82) is 0 Å². The van der Waals surface area contributed by atoms with Crippen LogP contribution in [-0.2, 0) is 9.59 Å². The summed E-state index contributed by atoms with van der Waals surface area (Å²) in [4.78, 5) is 27.1. The highest BCUT2D eigenvalue weighted by molar-refractivity contribution is 6.46. The SMILES string of the molecule is CCCCN1C(=O)C(=O)/C(=C(/O)c2ccc(F)c(C)c2)C1c1ccccc1C. The lowest BCUT2D eigenvalue weighted by molar-refractivity contribution is -0.139. The Bertz CT molecular complexity index is 964. The Hall–Kier alpha value is -2.95. The minimum Gasteiger partial charge on any atom is -0.507 e. The number of ketones is 1. The largest absolute Gasteiger partial charge is 0.507 e. The number of aryl methyl sites for hydroxylation is 2. The van der Waals surface area contributed by atoms with Crippen molar-refractivity contribution in [3.05, 3.63) is 76.1 Å². The van der Waals surface area contributed by atoms with Crippen molar-refractivity contribution in [3.63, 3.8) is 0 Å². The van der Waals surface area contributed by atoms with Gasteiger partial charge in [0.1, 0.15) is 11.6 Å². The molecule has 4 nitrogen and oxygen atoms in total. The first-order valence-corrected chi connectivity index (χ1v) is 9.47. The summed E-state index contributed by atoms with van der Waals surface area (Å²) in [6.07, 6.45) is 1.63. The molecule has 0 spiro atoms. The van der Waals surface area contributed by atoms with Crippen LogP contribution < -0.4 is 0 Å². The van der Waals surface area contributed by atoms with Gasteiger partial charge >= 0.3 is 0 Å². The molecule has 0 saturated carbocycles. The number of unbranched alkanes of at least 4 members (excludes halogenated alkanes) is 1. The number of hydrogen-bond donors (Lipinski definition) is 1. The lowest BCUT2D eigenvalue weighted by atomic mass is 9.92. The van der Waals surface area contributed by atoms with E-state index in [1.165, 1.54) is 23.1 Å². The van der Waals surface area contributed by atoms with E-state index in [0.29, 0.717) is 17.7 Å². The van der Waals surface area contributed by atoms with Crippen molar-refractivity contribution >= 4 is 17.4 Å². The summed E-state index contributed by atoms with van der Waals surface area (Å²) in [5.74, 6) is -1.98. The van der Waals surface area contributed by atoms with Crippen molar-refractivity contribution in [3.8, 4) is 0 Å². The Morgan fingerprint density at radius 1 is 1.11 bits per heavy atom. The van der Waals surface area contributed by atoms with Crippen molar-refractivity contribution in [1.82, 2.24) is 4.90 Å². The van der Waals surface area contributed by atoms with Crippen LogP contribution in [0.1, 0.15) is 48.1 Å². The number of aliphatic hydroxyl groups is 1. The lowest BCUT2D eigenvalue weighted by Crippen LogP contribution is -2.30. The summed E-state index contributed by atoms with van der Waals surface area (Å²) in [6.45, 7) is 5.95. The fourth-order valence-corrected chi connectivity index (χ4v) is 3.60. The second kappa shape index (κ2) is 7.97. The van der Waals surface area contributed by atoms with Crippen molar-refractivity contribution in [2.45, 2.75) is 39.7 Å². The number of aliphatic hydroxyl groups excluding tert-OH is 1. The van der Waals surface area contributed by atoms with Crippen LogP contribution in [0.4, 0.5) is 4.39 Å². The van der Waals surface area contributed by atoms with Crippen LogP contribution in [0.5, 0.6) is 0 Å². The molecule has 1 saturated heterocycles. The molecule has 1 unspecified atom stereocenters. The zero-order valence-electron chi connectivity index (χ0n) is 16.3.